The van der Waals surface area contributed by atoms with E-state index >= 15 is 0 Å². The maximum Gasteiger partial charge on any atom is 0.120 e. The Morgan fingerprint density at radius 1 is 1.19 bits per heavy atom. The molecule has 0 bridgehead atoms. The Bertz CT molecular complexity index is 610. The Labute approximate surface area is 131 Å². The second-order valence-corrected chi connectivity index (χ2v) is 5.89. The van der Waals surface area contributed by atoms with Crippen LogP contribution in [0, 0.1) is 6.92 Å². The number of rotatable bonds is 6. The largest absolute Gasteiger partial charge is 0.489 e. The average molecular weight is 299 g/mol. The molecule has 2 rings (SSSR count). The third-order valence-electron chi connectivity index (χ3n) is 3.53. The van der Waals surface area contributed by atoms with Gasteiger partial charge in [-0.2, -0.15) is 0 Å². The van der Waals surface area contributed by atoms with Crippen LogP contribution in [0.25, 0.3) is 0 Å². The lowest BCUT2D eigenvalue weighted by atomic mass is 9.93. The highest BCUT2D eigenvalue weighted by atomic mass is 32.1. The molecule has 0 saturated carbocycles. The molecule has 0 aromatic heterocycles. The summed E-state index contributed by atoms with van der Waals surface area (Å²) in [4.78, 5) is 0.561. The van der Waals surface area contributed by atoms with Crippen LogP contribution >= 0.6 is 12.2 Å². The quantitative estimate of drug-likeness (QED) is 0.805. The number of ether oxygens (including phenoxy) is 1. The molecular weight excluding hydrogens is 278 g/mol. The molecule has 3 heteroatoms. The first-order chi connectivity index (χ1) is 10.1. The molecule has 0 aliphatic rings. The zero-order valence-electron chi connectivity index (χ0n) is 12.5. The lowest BCUT2D eigenvalue weighted by Gasteiger charge is -2.15. The summed E-state index contributed by atoms with van der Waals surface area (Å²) in [5, 5.41) is 0. The first-order valence-electron chi connectivity index (χ1n) is 7.12. The molecule has 0 heterocycles. The second kappa shape index (κ2) is 7.23. The third kappa shape index (κ3) is 4.57. The summed E-state index contributed by atoms with van der Waals surface area (Å²) in [6, 6.07) is 16.4. The predicted octanol–water partition coefficient (Wildman–Crippen LogP) is 4.35. The van der Waals surface area contributed by atoms with Crippen molar-refractivity contribution >= 4 is 17.2 Å². The minimum Gasteiger partial charge on any atom is -0.489 e. The van der Waals surface area contributed by atoms with Gasteiger partial charge in [-0.15, -0.1) is 0 Å². The van der Waals surface area contributed by atoms with Crippen molar-refractivity contribution in [2.45, 2.75) is 32.8 Å². The molecule has 0 aliphatic heterocycles. The van der Waals surface area contributed by atoms with Crippen molar-refractivity contribution in [2.75, 3.05) is 0 Å². The van der Waals surface area contributed by atoms with E-state index in [9.17, 15) is 0 Å². The Balaban J connectivity index is 2.03. The standard InChI is InChI=1S/C18H21NOS/c1-13-10-16(20-12-15-6-4-3-5-7-15)8-9-17(13)14(2)11-18(19)21/h3-10,14H,11-12H2,1-2H3,(H2,19,21). The Hall–Kier alpha value is -1.87. The summed E-state index contributed by atoms with van der Waals surface area (Å²) in [7, 11) is 0. The summed E-state index contributed by atoms with van der Waals surface area (Å²) in [6.07, 6.45) is 0.737. The van der Waals surface area contributed by atoms with E-state index in [0.29, 0.717) is 17.5 Å². The van der Waals surface area contributed by atoms with Crippen LogP contribution in [0.1, 0.15) is 36.0 Å². The van der Waals surface area contributed by atoms with E-state index in [0.717, 1.165) is 12.2 Å². The van der Waals surface area contributed by atoms with Gasteiger partial charge in [-0.3, -0.25) is 0 Å². The fraction of sp³-hybridized carbons (Fsp3) is 0.278. The SMILES string of the molecule is Cc1cc(OCc2ccccc2)ccc1C(C)CC(N)=S. The van der Waals surface area contributed by atoms with Gasteiger partial charge in [0.1, 0.15) is 12.4 Å². The van der Waals surface area contributed by atoms with Gasteiger partial charge in [0.15, 0.2) is 0 Å². The van der Waals surface area contributed by atoms with Crippen LogP contribution in [0.2, 0.25) is 0 Å². The first-order valence-corrected chi connectivity index (χ1v) is 7.52. The van der Waals surface area contributed by atoms with Gasteiger partial charge in [0.2, 0.25) is 0 Å². The molecule has 1 atom stereocenters. The van der Waals surface area contributed by atoms with Crippen LogP contribution in [-0.4, -0.2) is 4.99 Å². The summed E-state index contributed by atoms with van der Waals surface area (Å²) in [5.41, 5.74) is 9.28. The maximum atomic E-state index is 5.84. The molecule has 0 fully saturated rings. The van der Waals surface area contributed by atoms with Crippen LogP contribution in [0.4, 0.5) is 0 Å². The molecule has 0 saturated heterocycles. The van der Waals surface area contributed by atoms with Crippen molar-refractivity contribution in [3.05, 3.63) is 65.2 Å². The van der Waals surface area contributed by atoms with E-state index in [1.165, 1.54) is 16.7 Å². The van der Waals surface area contributed by atoms with Crippen LogP contribution in [0.5, 0.6) is 5.75 Å². The predicted molar refractivity (Wildman–Crippen MR) is 91.8 cm³/mol. The fourth-order valence-electron chi connectivity index (χ4n) is 2.44. The molecule has 21 heavy (non-hydrogen) atoms. The lowest BCUT2D eigenvalue weighted by molar-refractivity contribution is 0.306. The van der Waals surface area contributed by atoms with Gasteiger partial charge >= 0.3 is 0 Å². The van der Waals surface area contributed by atoms with Crippen LogP contribution in [0.15, 0.2) is 48.5 Å². The van der Waals surface area contributed by atoms with E-state index in [4.69, 9.17) is 22.7 Å². The summed E-state index contributed by atoms with van der Waals surface area (Å²) in [5.74, 6) is 1.23. The highest BCUT2D eigenvalue weighted by molar-refractivity contribution is 7.80. The number of benzene rings is 2. The van der Waals surface area contributed by atoms with Crippen molar-refractivity contribution in [1.82, 2.24) is 0 Å². The minimum atomic E-state index is 0.339. The van der Waals surface area contributed by atoms with Crippen molar-refractivity contribution in [3.8, 4) is 5.75 Å². The van der Waals surface area contributed by atoms with Crippen molar-refractivity contribution in [3.63, 3.8) is 0 Å². The zero-order valence-corrected chi connectivity index (χ0v) is 13.3. The molecule has 110 valence electrons. The highest BCUT2D eigenvalue weighted by Gasteiger charge is 2.10. The van der Waals surface area contributed by atoms with Gasteiger partial charge in [0.25, 0.3) is 0 Å². The third-order valence-corrected chi connectivity index (χ3v) is 3.69. The molecule has 0 radical (unpaired) electrons. The first kappa shape index (κ1) is 15.5. The number of nitrogens with two attached hydrogens (primary N) is 1. The summed E-state index contributed by atoms with van der Waals surface area (Å²) >= 11 is 4.99. The van der Waals surface area contributed by atoms with E-state index < -0.39 is 0 Å². The summed E-state index contributed by atoms with van der Waals surface area (Å²) < 4.78 is 5.84. The topological polar surface area (TPSA) is 35.2 Å². The van der Waals surface area contributed by atoms with Gasteiger partial charge in [-0.05, 0) is 41.7 Å². The van der Waals surface area contributed by atoms with E-state index in [2.05, 4.69) is 38.1 Å². The molecule has 2 aromatic rings. The lowest BCUT2D eigenvalue weighted by Crippen LogP contribution is -2.12. The van der Waals surface area contributed by atoms with Gasteiger partial charge in [0, 0.05) is 6.42 Å². The van der Waals surface area contributed by atoms with Crippen LogP contribution in [0.3, 0.4) is 0 Å². The molecule has 2 N–H and O–H groups in total. The molecule has 0 amide bonds. The van der Waals surface area contributed by atoms with E-state index in [1.807, 2.05) is 24.3 Å². The number of thiocarbonyl (C=S) groups is 1. The summed E-state index contributed by atoms with van der Waals surface area (Å²) in [6.45, 7) is 4.83. The second-order valence-electron chi connectivity index (χ2n) is 5.36. The number of aryl methyl sites for hydroxylation is 1. The molecule has 2 aromatic carbocycles. The van der Waals surface area contributed by atoms with Gasteiger partial charge in [-0.25, -0.2) is 0 Å². The van der Waals surface area contributed by atoms with E-state index in [-0.39, 0.29) is 0 Å². The monoisotopic (exact) mass is 299 g/mol. The number of hydrogen-bond acceptors (Lipinski definition) is 2. The van der Waals surface area contributed by atoms with Gasteiger partial charge in [-0.1, -0.05) is 55.5 Å². The Kier molecular flexibility index (Phi) is 5.34. The zero-order chi connectivity index (χ0) is 15.2. The Morgan fingerprint density at radius 3 is 2.52 bits per heavy atom. The smallest absolute Gasteiger partial charge is 0.120 e. The van der Waals surface area contributed by atoms with E-state index in [1.54, 1.807) is 0 Å². The molecule has 1 unspecified atom stereocenters. The van der Waals surface area contributed by atoms with Crippen molar-refractivity contribution in [1.29, 1.82) is 0 Å². The van der Waals surface area contributed by atoms with Crippen LogP contribution in [-0.2, 0) is 6.61 Å². The van der Waals surface area contributed by atoms with Gasteiger partial charge < -0.3 is 10.5 Å². The van der Waals surface area contributed by atoms with Crippen LogP contribution < -0.4 is 10.5 Å². The van der Waals surface area contributed by atoms with Gasteiger partial charge in [0.05, 0.1) is 4.99 Å². The minimum absolute atomic E-state index is 0.339. The Morgan fingerprint density at radius 2 is 1.90 bits per heavy atom. The molecule has 2 nitrogen and oxygen atoms in total. The normalized spacial score (nSPS) is 11.9. The molecular formula is C18H21NOS. The maximum absolute atomic E-state index is 5.84. The highest BCUT2D eigenvalue weighted by Crippen LogP contribution is 2.26. The number of hydrogen-bond donors (Lipinski definition) is 1. The van der Waals surface area contributed by atoms with Crippen molar-refractivity contribution < 1.29 is 4.74 Å². The fourth-order valence-corrected chi connectivity index (χ4v) is 2.69. The molecule has 0 spiro atoms. The average Bonchev–Trinajstić information content (AvgIpc) is 2.45. The van der Waals surface area contributed by atoms with Crippen molar-refractivity contribution in [2.24, 2.45) is 5.73 Å². The molecule has 0 aliphatic carbocycles.